The second-order valence-electron chi connectivity index (χ2n) is 5.15. The Bertz CT molecular complexity index is 204. The number of hydrogen-bond acceptors (Lipinski definition) is 1. The van der Waals surface area contributed by atoms with Gasteiger partial charge in [-0.1, -0.05) is 0 Å². The molecule has 14 heavy (non-hydrogen) atoms. The molecule has 1 fully saturated rings. The SMILES string of the molecule is C[C@H]1C[C@H](C(F)(F)F)CN1C(C)(C)C. The van der Waals surface area contributed by atoms with Gasteiger partial charge in [-0.3, -0.25) is 4.90 Å². The highest BCUT2D eigenvalue weighted by molar-refractivity contribution is 4.92. The maximum absolute atomic E-state index is 12.5. The average molecular weight is 209 g/mol. The van der Waals surface area contributed by atoms with E-state index in [1.54, 1.807) is 0 Å². The molecule has 0 N–H and O–H groups in total. The molecule has 4 heteroatoms. The van der Waals surface area contributed by atoms with Crippen LogP contribution in [-0.4, -0.2) is 29.2 Å². The molecule has 1 aliphatic rings. The molecule has 1 nitrogen and oxygen atoms in total. The lowest BCUT2D eigenvalue weighted by molar-refractivity contribution is -0.171. The van der Waals surface area contributed by atoms with E-state index in [4.69, 9.17) is 0 Å². The fraction of sp³-hybridized carbons (Fsp3) is 1.00. The predicted octanol–water partition coefficient (Wildman–Crippen LogP) is 3.06. The first-order valence-electron chi connectivity index (χ1n) is 4.96. The van der Waals surface area contributed by atoms with Gasteiger partial charge < -0.3 is 0 Å². The van der Waals surface area contributed by atoms with E-state index in [-0.39, 0.29) is 24.5 Å². The summed E-state index contributed by atoms with van der Waals surface area (Å²) >= 11 is 0. The summed E-state index contributed by atoms with van der Waals surface area (Å²) in [5.41, 5.74) is -0.167. The van der Waals surface area contributed by atoms with Crippen LogP contribution in [0.2, 0.25) is 0 Å². The molecule has 0 aromatic rings. The zero-order valence-corrected chi connectivity index (χ0v) is 9.15. The standard InChI is InChI=1S/C10H18F3N/c1-7-5-8(10(11,12)13)6-14(7)9(2,3)4/h7-8H,5-6H2,1-4H3/t7-,8-/m0/s1. The van der Waals surface area contributed by atoms with Gasteiger partial charge in [-0.15, -0.1) is 0 Å². The molecule has 0 aromatic carbocycles. The van der Waals surface area contributed by atoms with Crippen molar-refractivity contribution >= 4 is 0 Å². The third-order valence-electron chi connectivity index (χ3n) is 2.90. The zero-order valence-electron chi connectivity index (χ0n) is 9.15. The molecule has 1 saturated heterocycles. The lowest BCUT2D eigenvalue weighted by Crippen LogP contribution is -2.44. The Morgan fingerprint density at radius 2 is 1.64 bits per heavy atom. The smallest absolute Gasteiger partial charge is 0.295 e. The molecule has 2 atom stereocenters. The summed E-state index contributed by atoms with van der Waals surface area (Å²) in [6.07, 6.45) is -3.80. The summed E-state index contributed by atoms with van der Waals surface area (Å²) in [5.74, 6) is -1.14. The van der Waals surface area contributed by atoms with Crippen LogP contribution in [-0.2, 0) is 0 Å². The molecule has 1 heterocycles. The van der Waals surface area contributed by atoms with Gasteiger partial charge in [-0.2, -0.15) is 13.2 Å². The van der Waals surface area contributed by atoms with Crippen LogP contribution in [0.5, 0.6) is 0 Å². The molecule has 1 aliphatic heterocycles. The molecule has 0 unspecified atom stereocenters. The second-order valence-corrected chi connectivity index (χ2v) is 5.15. The summed E-state index contributed by atoms with van der Waals surface area (Å²) in [6.45, 7) is 7.90. The Hall–Kier alpha value is -0.250. The van der Waals surface area contributed by atoms with Gasteiger partial charge in [0.15, 0.2) is 0 Å². The first-order valence-corrected chi connectivity index (χ1v) is 4.96. The molecule has 0 aliphatic carbocycles. The zero-order chi connectivity index (χ0) is 11.1. The van der Waals surface area contributed by atoms with Crippen LogP contribution in [0, 0.1) is 5.92 Å². The monoisotopic (exact) mass is 209 g/mol. The van der Waals surface area contributed by atoms with E-state index >= 15 is 0 Å². The molecule has 0 amide bonds. The lowest BCUT2D eigenvalue weighted by atomic mass is 10.1. The Kier molecular flexibility index (Phi) is 2.87. The number of rotatable bonds is 0. The van der Waals surface area contributed by atoms with Crippen LogP contribution >= 0.6 is 0 Å². The predicted molar refractivity (Wildman–Crippen MR) is 50.1 cm³/mol. The Morgan fingerprint density at radius 1 is 1.14 bits per heavy atom. The lowest BCUT2D eigenvalue weighted by Gasteiger charge is -2.35. The normalized spacial score (nSPS) is 31.1. The minimum absolute atomic E-state index is 0.0293. The Labute approximate surface area is 83.3 Å². The van der Waals surface area contributed by atoms with Gasteiger partial charge in [-0.25, -0.2) is 0 Å². The third kappa shape index (κ3) is 2.41. The molecule has 0 aromatic heterocycles. The number of alkyl halides is 3. The van der Waals surface area contributed by atoms with Crippen molar-refractivity contribution < 1.29 is 13.2 Å². The van der Waals surface area contributed by atoms with Crippen molar-refractivity contribution in [2.45, 2.75) is 51.9 Å². The van der Waals surface area contributed by atoms with Gasteiger partial charge in [0.05, 0.1) is 5.92 Å². The first kappa shape index (κ1) is 11.8. The van der Waals surface area contributed by atoms with E-state index in [1.807, 2.05) is 32.6 Å². The summed E-state index contributed by atoms with van der Waals surface area (Å²) in [7, 11) is 0. The average Bonchev–Trinajstić information content (AvgIpc) is 2.27. The van der Waals surface area contributed by atoms with E-state index in [2.05, 4.69) is 0 Å². The van der Waals surface area contributed by atoms with Gasteiger partial charge in [0.1, 0.15) is 0 Å². The summed E-state index contributed by atoms with van der Waals surface area (Å²) < 4.78 is 37.4. The van der Waals surface area contributed by atoms with Crippen molar-refractivity contribution in [2.24, 2.45) is 5.92 Å². The molecule has 84 valence electrons. The summed E-state index contributed by atoms with van der Waals surface area (Å²) in [5, 5.41) is 0. The van der Waals surface area contributed by atoms with E-state index in [1.165, 1.54) is 0 Å². The summed E-state index contributed by atoms with van der Waals surface area (Å²) in [6, 6.07) is 0.0293. The fourth-order valence-corrected chi connectivity index (χ4v) is 2.20. The highest BCUT2D eigenvalue weighted by Crippen LogP contribution is 2.39. The number of hydrogen-bond donors (Lipinski definition) is 0. The van der Waals surface area contributed by atoms with Gasteiger partial charge in [0, 0.05) is 18.1 Å². The first-order chi connectivity index (χ1) is 6.12. The molecule has 0 bridgehead atoms. The maximum Gasteiger partial charge on any atom is 0.393 e. The van der Waals surface area contributed by atoms with Crippen LogP contribution < -0.4 is 0 Å². The highest BCUT2D eigenvalue weighted by atomic mass is 19.4. The van der Waals surface area contributed by atoms with Crippen molar-refractivity contribution in [3.63, 3.8) is 0 Å². The largest absolute Gasteiger partial charge is 0.393 e. The molecular weight excluding hydrogens is 191 g/mol. The van der Waals surface area contributed by atoms with Gasteiger partial charge >= 0.3 is 6.18 Å². The number of nitrogens with zero attached hydrogens (tertiary/aromatic N) is 1. The quantitative estimate of drug-likeness (QED) is 0.592. The second kappa shape index (κ2) is 3.40. The van der Waals surface area contributed by atoms with Gasteiger partial charge in [0.2, 0.25) is 0 Å². The highest BCUT2D eigenvalue weighted by Gasteiger charge is 2.48. The van der Waals surface area contributed by atoms with Crippen molar-refractivity contribution in [1.82, 2.24) is 4.90 Å². The van der Waals surface area contributed by atoms with E-state index in [0.717, 1.165) is 0 Å². The minimum Gasteiger partial charge on any atom is -0.295 e. The molecule has 0 spiro atoms. The number of likely N-dealkylation sites (tertiary alicyclic amines) is 1. The summed E-state index contributed by atoms with van der Waals surface area (Å²) in [4.78, 5) is 1.94. The molecule has 0 radical (unpaired) electrons. The van der Waals surface area contributed by atoms with Gasteiger partial charge in [0.25, 0.3) is 0 Å². The number of halogens is 3. The third-order valence-corrected chi connectivity index (χ3v) is 2.90. The van der Waals surface area contributed by atoms with Crippen LogP contribution in [0.3, 0.4) is 0 Å². The van der Waals surface area contributed by atoms with Crippen LogP contribution in [0.25, 0.3) is 0 Å². The van der Waals surface area contributed by atoms with Crippen LogP contribution in [0.15, 0.2) is 0 Å². The van der Waals surface area contributed by atoms with Gasteiger partial charge in [-0.05, 0) is 34.1 Å². The van der Waals surface area contributed by atoms with Crippen molar-refractivity contribution in [3.05, 3.63) is 0 Å². The Balaban J connectivity index is 2.70. The topological polar surface area (TPSA) is 3.24 Å². The van der Waals surface area contributed by atoms with Crippen molar-refractivity contribution in [3.8, 4) is 0 Å². The van der Waals surface area contributed by atoms with E-state index < -0.39 is 12.1 Å². The van der Waals surface area contributed by atoms with Crippen molar-refractivity contribution in [1.29, 1.82) is 0 Å². The van der Waals surface area contributed by atoms with E-state index in [0.29, 0.717) is 0 Å². The van der Waals surface area contributed by atoms with Crippen LogP contribution in [0.1, 0.15) is 34.1 Å². The van der Waals surface area contributed by atoms with E-state index in [9.17, 15) is 13.2 Å². The maximum atomic E-state index is 12.5. The molecular formula is C10H18F3N. The van der Waals surface area contributed by atoms with Crippen molar-refractivity contribution in [2.75, 3.05) is 6.54 Å². The van der Waals surface area contributed by atoms with Crippen LogP contribution in [0.4, 0.5) is 13.2 Å². The minimum atomic E-state index is -4.03. The Morgan fingerprint density at radius 3 is 1.86 bits per heavy atom. The fourth-order valence-electron chi connectivity index (χ4n) is 2.20. The molecule has 1 rings (SSSR count). The molecule has 0 saturated carbocycles.